The van der Waals surface area contributed by atoms with Gasteiger partial charge in [-0.2, -0.15) is 0 Å². The number of nitrogens with one attached hydrogen (secondary N) is 1. The summed E-state index contributed by atoms with van der Waals surface area (Å²) in [7, 11) is 3.68. The van der Waals surface area contributed by atoms with E-state index in [1.807, 2.05) is 50.4 Å². The standard InChI is InChI=1S/C35H45N5O2/c1-6-8-12-33(34(41)36-4)39(5)24-30-22-26(13-15-27(30)7-2)14-20-31-11-9-10-21-40(31)35(42)29-18-16-28(17-19-29)32-23-37-25(3)38-32/h6-7,13,15-19,22,31,33H,1-2,8-12,14,20-21,23-24H2,3-5H3,(H,36,41). The van der Waals surface area contributed by atoms with E-state index >= 15 is 0 Å². The van der Waals surface area contributed by atoms with E-state index < -0.39 is 0 Å². The van der Waals surface area contributed by atoms with E-state index in [0.29, 0.717) is 13.1 Å². The number of aliphatic imine (C=N–C) groups is 2. The Kier molecular flexibility index (Phi) is 11.0. The average Bonchev–Trinajstić information content (AvgIpc) is 3.46. The molecular formula is C35H45N5O2. The van der Waals surface area contributed by atoms with E-state index in [1.54, 1.807) is 7.05 Å². The van der Waals surface area contributed by atoms with Gasteiger partial charge < -0.3 is 10.2 Å². The van der Waals surface area contributed by atoms with Crippen molar-refractivity contribution >= 4 is 29.4 Å². The van der Waals surface area contributed by atoms with Crippen LogP contribution in [-0.4, -0.2) is 72.4 Å². The van der Waals surface area contributed by atoms with Crippen LogP contribution in [0.5, 0.6) is 0 Å². The third-order valence-corrected chi connectivity index (χ3v) is 8.45. The van der Waals surface area contributed by atoms with Gasteiger partial charge in [-0.15, -0.1) is 6.58 Å². The smallest absolute Gasteiger partial charge is 0.254 e. The molecule has 0 aromatic heterocycles. The van der Waals surface area contributed by atoms with E-state index in [0.717, 1.165) is 85.3 Å². The molecule has 2 aromatic rings. The van der Waals surface area contributed by atoms with Crippen molar-refractivity contribution in [2.45, 2.75) is 70.5 Å². The van der Waals surface area contributed by atoms with E-state index in [9.17, 15) is 9.59 Å². The first kappa shape index (κ1) is 31.1. The van der Waals surface area contributed by atoms with E-state index in [-0.39, 0.29) is 23.9 Å². The summed E-state index contributed by atoms with van der Waals surface area (Å²) >= 11 is 0. The summed E-state index contributed by atoms with van der Waals surface area (Å²) < 4.78 is 0. The number of piperidine rings is 1. The second-order valence-electron chi connectivity index (χ2n) is 11.3. The van der Waals surface area contributed by atoms with Gasteiger partial charge >= 0.3 is 0 Å². The Labute approximate surface area is 251 Å². The van der Waals surface area contributed by atoms with Crippen molar-refractivity contribution in [1.29, 1.82) is 0 Å². The van der Waals surface area contributed by atoms with Gasteiger partial charge in [0.15, 0.2) is 0 Å². The maximum atomic E-state index is 13.6. The first-order chi connectivity index (χ1) is 20.3. The minimum atomic E-state index is -0.228. The van der Waals surface area contributed by atoms with Crippen LogP contribution in [0.25, 0.3) is 6.08 Å². The molecule has 4 rings (SSSR count). The molecule has 1 fully saturated rings. The summed E-state index contributed by atoms with van der Waals surface area (Å²) in [5.41, 5.74) is 6.17. The summed E-state index contributed by atoms with van der Waals surface area (Å²) in [6.07, 6.45) is 10.2. The molecule has 1 saturated heterocycles. The highest BCUT2D eigenvalue weighted by atomic mass is 16.2. The Morgan fingerprint density at radius 3 is 2.62 bits per heavy atom. The number of carbonyl (C=O) groups is 2. The van der Waals surface area contributed by atoms with Gasteiger partial charge in [0.05, 0.1) is 18.3 Å². The number of rotatable bonds is 13. The van der Waals surface area contributed by atoms with Crippen LogP contribution in [0.4, 0.5) is 0 Å². The monoisotopic (exact) mass is 567 g/mol. The van der Waals surface area contributed by atoms with Gasteiger partial charge in [-0.1, -0.05) is 49.1 Å². The lowest BCUT2D eigenvalue weighted by molar-refractivity contribution is -0.125. The van der Waals surface area contributed by atoms with Crippen molar-refractivity contribution in [3.05, 3.63) is 89.5 Å². The van der Waals surface area contributed by atoms with Gasteiger partial charge in [-0.3, -0.25) is 19.5 Å². The molecule has 2 aliphatic rings. The minimum Gasteiger partial charge on any atom is -0.358 e. The van der Waals surface area contributed by atoms with Gasteiger partial charge in [-0.05, 0) is 93.3 Å². The topological polar surface area (TPSA) is 77.4 Å². The summed E-state index contributed by atoms with van der Waals surface area (Å²) in [6, 6.07) is 14.4. The Morgan fingerprint density at radius 1 is 1.17 bits per heavy atom. The molecule has 2 amide bonds. The molecular weight excluding hydrogens is 522 g/mol. The number of carbonyl (C=O) groups excluding carboxylic acids is 2. The normalized spacial score (nSPS) is 17.4. The lowest BCUT2D eigenvalue weighted by atomic mass is 9.93. The highest BCUT2D eigenvalue weighted by Crippen LogP contribution is 2.25. The number of likely N-dealkylation sites (tertiary alicyclic amines) is 1. The zero-order chi connectivity index (χ0) is 30.1. The molecule has 2 aliphatic heterocycles. The highest BCUT2D eigenvalue weighted by Gasteiger charge is 2.28. The van der Waals surface area contributed by atoms with Crippen LogP contribution in [0.3, 0.4) is 0 Å². The minimum absolute atomic E-state index is 0.0174. The third-order valence-electron chi connectivity index (χ3n) is 8.45. The molecule has 2 heterocycles. The van der Waals surface area contributed by atoms with E-state index in [2.05, 4.69) is 56.5 Å². The van der Waals surface area contributed by atoms with E-state index in [1.165, 1.54) is 5.56 Å². The fourth-order valence-corrected chi connectivity index (χ4v) is 6.01. The molecule has 7 heteroatoms. The Bertz CT molecular complexity index is 1340. The molecule has 2 atom stereocenters. The quantitative estimate of drug-likeness (QED) is 0.316. The molecule has 42 heavy (non-hydrogen) atoms. The maximum absolute atomic E-state index is 13.6. The number of hydrogen-bond acceptors (Lipinski definition) is 5. The second kappa shape index (κ2) is 14.9. The molecule has 1 N–H and O–H groups in total. The number of amidine groups is 1. The molecule has 222 valence electrons. The molecule has 0 bridgehead atoms. The van der Waals surface area contributed by atoms with Crippen LogP contribution in [0.2, 0.25) is 0 Å². The Morgan fingerprint density at radius 2 is 1.95 bits per heavy atom. The van der Waals surface area contributed by atoms with Gasteiger partial charge in [0.1, 0.15) is 5.84 Å². The Balaban J connectivity index is 1.43. The van der Waals surface area contributed by atoms with Gasteiger partial charge in [0, 0.05) is 31.7 Å². The number of likely N-dealkylation sites (N-methyl/N-ethyl adjacent to an activating group) is 2. The highest BCUT2D eigenvalue weighted by molar-refractivity contribution is 6.12. The van der Waals surface area contributed by atoms with Crippen LogP contribution >= 0.6 is 0 Å². The molecule has 7 nitrogen and oxygen atoms in total. The van der Waals surface area contributed by atoms with Crippen LogP contribution in [0, 0.1) is 0 Å². The number of benzene rings is 2. The van der Waals surface area contributed by atoms with Crippen molar-refractivity contribution in [1.82, 2.24) is 15.1 Å². The van der Waals surface area contributed by atoms with Crippen molar-refractivity contribution in [3.8, 4) is 0 Å². The predicted molar refractivity (Wildman–Crippen MR) is 173 cm³/mol. The summed E-state index contributed by atoms with van der Waals surface area (Å²) in [5, 5.41) is 2.80. The van der Waals surface area contributed by atoms with Crippen molar-refractivity contribution < 1.29 is 9.59 Å². The van der Waals surface area contributed by atoms with Gasteiger partial charge in [0.25, 0.3) is 5.91 Å². The summed E-state index contributed by atoms with van der Waals surface area (Å²) in [4.78, 5) is 39.2. The summed E-state index contributed by atoms with van der Waals surface area (Å²) in [6.45, 7) is 11.8. The predicted octanol–water partition coefficient (Wildman–Crippen LogP) is 5.69. The molecule has 0 saturated carbocycles. The number of aryl methyl sites for hydroxylation is 1. The number of allylic oxidation sites excluding steroid dienone is 1. The maximum Gasteiger partial charge on any atom is 0.254 e. The Hall–Kier alpha value is -3.84. The largest absolute Gasteiger partial charge is 0.358 e. The molecule has 2 unspecified atom stereocenters. The molecule has 0 aliphatic carbocycles. The molecule has 2 aromatic carbocycles. The zero-order valence-electron chi connectivity index (χ0n) is 25.4. The van der Waals surface area contributed by atoms with Crippen molar-refractivity contribution in [2.75, 3.05) is 27.2 Å². The average molecular weight is 568 g/mol. The van der Waals surface area contributed by atoms with E-state index in [4.69, 9.17) is 0 Å². The van der Waals surface area contributed by atoms with Crippen LogP contribution in [0.15, 0.2) is 71.7 Å². The number of nitrogens with zero attached hydrogens (tertiary/aromatic N) is 4. The van der Waals surface area contributed by atoms with Crippen molar-refractivity contribution in [2.24, 2.45) is 9.98 Å². The second-order valence-corrected chi connectivity index (χ2v) is 11.3. The molecule has 0 radical (unpaired) electrons. The fraction of sp³-hybridized carbons (Fsp3) is 0.429. The van der Waals surface area contributed by atoms with Gasteiger partial charge in [-0.25, -0.2) is 4.99 Å². The van der Waals surface area contributed by atoms with Crippen LogP contribution in [0.1, 0.15) is 78.1 Å². The fourth-order valence-electron chi connectivity index (χ4n) is 6.01. The summed E-state index contributed by atoms with van der Waals surface area (Å²) in [5.74, 6) is 0.927. The van der Waals surface area contributed by atoms with Crippen molar-refractivity contribution in [3.63, 3.8) is 0 Å². The first-order valence-corrected chi connectivity index (χ1v) is 15.1. The zero-order valence-corrected chi connectivity index (χ0v) is 25.4. The lowest BCUT2D eigenvalue weighted by Gasteiger charge is -2.36. The third kappa shape index (κ3) is 7.71. The molecule has 0 spiro atoms. The number of amides is 2. The van der Waals surface area contributed by atoms with Gasteiger partial charge in [0.2, 0.25) is 5.91 Å². The SMILES string of the molecule is C=CCCC(C(=O)NC)N(C)Cc1cc(CCC2CCCCN2C(=O)c2ccc(C3=NC(C)=NC3)cc2)ccc1C=C. The first-order valence-electron chi connectivity index (χ1n) is 15.1. The lowest BCUT2D eigenvalue weighted by Crippen LogP contribution is -2.44. The van der Waals surface area contributed by atoms with Crippen LogP contribution < -0.4 is 5.32 Å². The van der Waals surface area contributed by atoms with Crippen LogP contribution in [-0.2, 0) is 17.8 Å². The number of hydrogen-bond donors (Lipinski definition) is 1.